The molecular formula is C12H26N2. The van der Waals surface area contributed by atoms with Gasteiger partial charge in [-0.3, -0.25) is 0 Å². The highest BCUT2D eigenvalue weighted by molar-refractivity contribution is 4.77. The van der Waals surface area contributed by atoms with Crippen molar-refractivity contribution in [3.63, 3.8) is 0 Å². The van der Waals surface area contributed by atoms with E-state index in [0.29, 0.717) is 0 Å². The topological polar surface area (TPSA) is 38.0 Å². The van der Waals surface area contributed by atoms with Crippen molar-refractivity contribution in [2.45, 2.75) is 39.5 Å². The van der Waals surface area contributed by atoms with E-state index >= 15 is 0 Å². The van der Waals surface area contributed by atoms with Crippen LogP contribution in [-0.4, -0.2) is 19.6 Å². The highest BCUT2D eigenvalue weighted by Crippen LogP contribution is 2.27. The van der Waals surface area contributed by atoms with Crippen molar-refractivity contribution < 1.29 is 0 Å². The molecule has 0 radical (unpaired) electrons. The van der Waals surface area contributed by atoms with Gasteiger partial charge in [-0.2, -0.15) is 0 Å². The van der Waals surface area contributed by atoms with Gasteiger partial charge in [-0.1, -0.05) is 20.3 Å². The monoisotopic (exact) mass is 198 g/mol. The van der Waals surface area contributed by atoms with E-state index < -0.39 is 0 Å². The average Bonchev–Trinajstić information content (AvgIpc) is 2.26. The molecule has 3 N–H and O–H groups in total. The molecule has 1 saturated heterocycles. The van der Waals surface area contributed by atoms with Gasteiger partial charge in [0.1, 0.15) is 0 Å². The van der Waals surface area contributed by atoms with Gasteiger partial charge in [-0.05, 0) is 56.7 Å². The second kappa shape index (κ2) is 6.41. The van der Waals surface area contributed by atoms with Gasteiger partial charge in [0, 0.05) is 0 Å². The lowest BCUT2D eigenvalue weighted by Crippen LogP contribution is -2.35. The molecule has 2 heteroatoms. The Morgan fingerprint density at radius 3 is 2.50 bits per heavy atom. The summed E-state index contributed by atoms with van der Waals surface area (Å²) in [5, 5.41) is 3.42. The maximum Gasteiger partial charge on any atom is -0.00461 e. The van der Waals surface area contributed by atoms with Crippen molar-refractivity contribution in [3.8, 4) is 0 Å². The molecule has 2 nitrogen and oxygen atoms in total. The van der Waals surface area contributed by atoms with E-state index in [1.54, 1.807) is 0 Å². The van der Waals surface area contributed by atoms with Crippen LogP contribution in [0.3, 0.4) is 0 Å². The molecule has 0 amide bonds. The predicted octanol–water partition coefficient (Wildman–Crippen LogP) is 2.00. The van der Waals surface area contributed by atoms with Gasteiger partial charge >= 0.3 is 0 Å². The van der Waals surface area contributed by atoms with E-state index in [1.165, 1.54) is 38.8 Å². The molecule has 0 unspecified atom stereocenters. The summed E-state index contributed by atoms with van der Waals surface area (Å²) in [7, 11) is 0. The molecule has 1 aliphatic rings. The van der Waals surface area contributed by atoms with Crippen molar-refractivity contribution >= 4 is 0 Å². The molecule has 0 aliphatic carbocycles. The van der Waals surface area contributed by atoms with Crippen molar-refractivity contribution in [2.75, 3.05) is 19.6 Å². The number of piperidine rings is 1. The van der Waals surface area contributed by atoms with Crippen LogP contribution in [0.15, 0.2) is 0 Å². The molecule has 2 atom stereocenters. The summed E-state index contributed by atoms with van der Waals surface area (Å²) in [5.74, 6) is 2.50. The molecule has 0 spiro atoms. The zero-order chi connectivity index (χ0) is 10.4. The van der Waals surface area contributed by atoms with E-state index in [-0.39, 0.29) is 0 Å². The van der Waals surface area contributed by atoms with Crippen molar-refractivity contribution in [2.24, 2.45) is 23.5 Å². The Kier molecular flexibility index (Phi) is 5.49. The normalized spacial score (nSPS) is 23.4. The molecule has 0 bridgehead atoms. The molecule has 1 heterocycles. The van der Waals surface area contributed by atoms with Gasteiger partial charge in [-0.25, -0.2) is 0 Å². The van der Waals surface area contributed by atoms with Gasteiger partial charge < -0.3 is 11.1 Å². The maximum atomic E-state index is 5.89. The van der Waals surface area contributed by atoms with Crippen LogP contribution in [0.2, 0.25) is 0 Å². The third-order valence-corrected chi connectivity index (χ3v) is 3.76. The van der Waals surface area contributed by atoms with Gasteiger partial charge in [0.25, 0.3) is 0 Å². The fourth-order valence-electron chi connectivity index (χ4n) is 2.48. The molecule has 14 heavy (non-hydrogen) atoms. The van der Waals surface area contributed by atoms with E-state index in [1.807, 2.05) is 0 Å². The Bertz CT molecular complexity index is 141. The largest absolute Gasteiger partial charge is 0.330 e. The van der Waals surface area contributed by atoms with E-state index in [2.05, 4.69) is 19.2 Å². The van der Waals surface area contributed by atoms with Crippen molar-refractivity contribution in [1.29, 1.82) is 0 Å². The van der Waals surface area contributed by atoms with E-state index in [0.717, 1.165) is 24.3 Å². The Labute approximate surface area is 88.6 Å². The summed E-state index contributed by atoms with van der Waals surface area (Å²) in [6.07, 6.45) is 5.29. The van der Waals surface area contributed by atoms with Crippen molar-refractivity contribution in [3.05, 3.63) is 0 Å². The summed E-state index contributed by atoms with van der Waals surface area (Å²) < 4.78 is 0. The summed E-state index contributed by atoms with van der Waals surface area (Å²) in [6, 6.07) is 0. The Morgan fingerprint density at radius 1 is 1.36 bits per heavy atom. The maximum absolute atomic E-state index is 5.89. The predicted molar refractivity (Wildman–Crippen MR) is 62.2 cm³/mol. The van der Waals surface area contributed by atoms with Gasteiger partial charge in [-0.15, -0.1) is 0 Å². The first kappa shape index (κ1) is 12.0. The van der Waals surface area contributed by atoms with Gasteiger partial charge in [0.05, 0.1) is 0 Å². The second-order valence-corrected chi connectivity index (χ2v) is 4.83. The molecule has 0 aromatic heterocycles. The molecule has 0 saturated carbocycles. The minimum absolute atomic E-state index is 0.770. The van der Waals surface area contributed by atoms with Crippen LogP contribution in [0, 0.1) is 17.8 Å². The lowest BCUT2D eigenvalue weighted by atomic mass is 9.79. The molecule has 1 fully saturated rings. The molecule has 0 aromatic rings. The quantitative estimate of drug-likeness (QED) is 0.709. The van der Waals surface area contributed by atoms with Crippen LogP contribution in [0.1, 0.15) is 39.5 Å². The number of hydrogen-bond acceptors (Lipinski definition) is 2. The zero-order valence-corrected chi connectivity index (χ0v) is 9.76. The minimum Gasteiger partial charge on any atom is -0.330 e. The molecular weight excluding hydrogens is 172 g/mol. The minimum atomic E-state index is 0.770. The van der Waals surface area contributed by atoms with Gasteiger partial charge in [0.15, 0.2) is 0 Å². The van der Waals surface area contributed by atoms with Crippen LogP contribution < -0.4 is 11.1 Å². The molecule has 84 valence electrons. The third kappa shape index (κ3) is 3.58. The van der Waals surface area contributed by atoms with Crippen LogP contribution in [-0.2, 0) is 0 Å². The highest BCUT2D eigenvalue weighted by Gasteiger charge is 2.23. The fraction of sp³-hybridized carbons (Fsp3) is 1.00. The van der Waals surface area contributed by atoms with Crippen LogP contribution >= 0.6 is 0 Å². The lowest BCUT2D eigenvalue weighted by Gasteiger charge is -2.31. The molecule has 1 aliphatic heterocycles. The third-order valence-electron chi connectivity index (χ3n) is 3.76. The summed E-state index contributed by atoms with van der Waals surface area (Å²) in [5.41, 5.74) is 5.89. The Balaban J connectivity index is 2.35. The molecule has 0 aromatic carbocycles. The standard InChI is InChI=1S/C12H26N2/c1-3-10(2)8-12(9-13)11-4-6-14-7-5-11/h10-12,14H,3-9,13H2,1-2H3/t10-,12+/m1/s1. The second-order valence-electron chi connectivity index (χ2n) is 4.83. The summed E-state index contributed by atoms with van der Waals surface area (Å²) in [6.45, 7) is 7.91. The lowest BCUT2D eigenvalue weighted by molar-refractivity contribution is 0.226. The van der Waals surface area contributed by atoms with Gasteiger partial charge in [0.2, 0.25) is 0 Å². The Morgan fingerprint density at radius 2 is 2.00 bits per heavy atom. The Hall–Kier alpha value is -0.0800. The number of rotatable bonds is 5. The van der Waals surface area contributed by atoms with E-state index in [9.17, 15) is 0 Å². The number of nitrogens with two attached hydrogens (primary N) is 1. The SMILES string of the molecule is CC[C@@H](C)C[C@@H](CN)C1CCNCC1. The smallest absolute Gasteiger partial charge is 0.00461 e. The van der Waals surface area contributed by atoms with Crippen molar-refractivity contribution in [1.82, 2.24) is 5.32 Å². The number of hydrogen-bond donors (Lipinski definition) is 2. The first-order valence-corrected chi connectivity index (χ1v) is 6.18. The number of nitrogens with one attached hydrogen (secondary N) is 1. The van der Waals surface area contributed by atoms with Crippen LogP contribution in [0.4, 0.5) is 0 Å². The first-order valence-electron chi connectivity index (χ1n) is 6.18. The fourth-order valence-corrected chi connectivity index (χ4v) is 2.48. The van der Waals surface area contributed by atoms with E-state index in [4.69, 9.17) is 5.73 Å². The summed E-state index contributed by atoms with van der Waals surface area (Å²) >= 11 is 0. The van der Waals surface area contributed by atoms with Crippen LogP contribution in [0.25, 0.3) is 0 Å². The average molecular weight is 198 g/mol. The molecule has 1 rings (SSSR count). The highest BCUT2D eigenvalue weighted by atomic mass is 14.9. The zero-order valence-electron chi connectivity index (χ0n) is 9.76. The van der Waals surface area contributed by atoms with Crippen LogP contribution in [0.5, 0.6) is 0 Å². The first-order chi connectivity index (χ1) is 6.77. The summed E-state index contributed by atoms with van der Waals surface area (Å²) in [4.78, 5) is 0.